The van der Waals surface area contributed by atoms with Crippen LogP contribution in [0.15, 0.2) is 52.7 Å². The minimum Gasteiger partial charge on any atom is -0.493 e. The van der Waals surface area contributed by atoms with Gasteiger partial charge in [0.15, 0.2) is 16.7 Å². The zero-order valence-electron chi connectivity index (χ0n) is 16.8. The van der Waals surface area contributed by atoms with Crippen LogP contribution < -0.4 is 20.1 Å². The Hall–Kier alpha value is -3.33. The van der Waals surface area contributed by atoms with Crippen LogP contribution in [0, 0.1) is 6.92 Å². The highest BCUT2D eigenvalue weighted by Crippen LogP contribution is 2.29. The van der Waals surface area contributed by atoms with Crippen molar-refractivity contribution < 1.29 is 19.1 Å². The number of aryl methyl sites for hydroxylation is 1. The molecule has 0 bridgehead atoms. The number of benzene rings is 2. The number of methoxy groups -OCH3 is 2. The number of hydrogen-bond donors (Lipinski definition) is 2. The second kappa shape index (κ2) is 9.93. The van der Waals surface area contributed by atoms with Gasteiger partial charge in [0.05, 0.1) is 20.4 Å². The molecular weight excluding hydrogens is 404 g/mol. The Bertz CT molecular complexity index is 989. The summed E-state index contributed by atoms with van der Waals surface area (Å²) in [6.07, 6.45) is 1.55. The molecule has 1 atom stereocenters. The van der Waals surface area contributed by atoms with Gasteiger partial charge in [-0.3, -0.25) is 9.59 Å². The number of amidine groups is 1. The predicted molar refractivity (Wildman–Crippen MR) is 119 cm³/mol. The molecule has 8 nitrogen and oxygen atoms in total. The normalized spacial score (nSPS) is 17.2. The number of carbonyl (C=O) groups is 2. The molecule has 1 aliphatic rings. The molecule has 1 saturated heterocycles. The summed E-state index contributed by atoms with van der Waals surface area (Å²) in [6.45, 7) is 1.97. The summed E-state index contributed by atoms with van der Waals surface area (Å²) in [4.78, 5) is 24.4. The lowest BCUT2D eigenvalue weighted by atomic mass is 10.2. The minimum absolute atomic E-state index is 0.0385. The number of carbonyl (C=O) groups excluding carboxylic acids is 2. The van der Waals surface area contributed by atoms with Gasteiger partial charge >= 0.3 is 0 Å². The van der Waals surface area contributed by atoms with E-state index in [2.05, 4.69) is 20.8 Å². The second-order valence-electron chi connectivity index (χ2n) is 6.45. The fourth-order valence-corrected chi connectivity index (χ4v) is 3.68. The smallest absolute Gasteiger partial charge is 0.240 e. The lowest BCUT2D eigenvalue weighted by molar-refractivity contribution is -0.122. The number of anilines is 1. The fourth-order valence-electron chi connectivity index (χ4n) is 2.76. The maximum Gasteiger partial charge on any atom is 0.240 e. The highest BCUT2D eigenvalue weighted by molar-refractivity contribution is 8.15. The van der Waals surface area contributed by atoms with E-state index in [1.54, 1.807) is 20.3 Å². The van der Waals surface area contributed by atoms with Gasteiger partial charge in [-0.25, -0.2) is 0 Å². The Morgan fingerprint density at radius 3 is 2.67 bits per heavy atom. The summed E-state index contributed by atoms with van der Waals surface area (Å²) in [5.41, 5.74) is 2.48. The van der Waals surface area contributed by atoms with Crippen LogP contribution in [0.5, 0.6) is 11.5 Å². The number of nitrogens with one attached hydrogen (secondary N) is 2. The second-order valence-corrected chi connectivity index (χ2v) is 7.64. The van der Waals surface area contributed by atoms with Gasteiger partial charge < -0.3 is 20.1 Å². The molecule has 1 aliphatic heterocycles. The summed E-state index contributed by atoms with van der Waals surface area (Å²) in [5.74, 6) is 0.611. The van der Waals surface area contributed by atoms with Crippen LogP contribution in [-0.4, -0.2) is 42.7 Å². The van der Waals surface area contributed by atoms with Crippen LogP contribution in [0.25, 0.3) is 0 Å². The molecule has 1 heterocycles. The quantitative estimate of drug-likeness (QED) is 0.524. The Kier molecular flexibility index (Phi) is 7.08. The SMILES string of the molecule is COc1cccc(/C=N/N=C2/NC(=O)C(CC(=O)Nc3ccc(C)cc3)S2)c1OC. The van der Waals surface area contributed by atoms with Crippen molar-refractivity contribution in [1.82, 2.24) is 5.32 Å². The third kappa shape index (κ3) is 5.38. The Morgan fingerprint density at radius 2 is 1.97 bits per heavy atom. The van der Waals surface area contributed by atoms with Crippen molar-refractivity contribution >= 4 is 40.6 Å². The van der Waals surface area contributed by atoms with E-state index in [0.29, 0.717) is 27.9 Å². The first-order valence-corrected chi connectivity index (χ1v) is 10.0. The van der Waals surface area contributed by atoms with Gasteiger partial charge in [-0.05, 0) is 31.2 Å². The molecule has 0 radical (unpaired) electrons. The van der Waals surface area contributed by atoms with Crippen molar-refractivity contribution in [2.24, 2.45) is 10.2 Å². The van der Waals surface area contributed by atoms with Gasteiger partial charge in [-0.15, -0.1) is 5.10 Å². The van der Waals surface area contributed by atoms with Crippen molar-refractivity contribution in [3.05, 3.63) is 53.6 Å². The lowest BCUT2D eigenvalue weighted by Crippen LogP contribution is -2.28. The molecule has 2 aromatic carbocycles. The molecule has 9 heteroatoms. The molecule has 2 aromatic rings. The average molecular weight is 426 g/mol. The number of rotatable bonds is 7. The van der Waals surface area contributed by atoms with Crippen LogP contribution in [0.4, 0.5) is 5.69 Å². The summed E-state index contributed by atoms with van der Waals surface area (Å²) < 4.78 is 10.6. The molecule has 0 spiro atoms. The van der Waals surface area contributed by atoms with Crippen molar-refractivity contribution in [3.63, 3.8) is 0 Å². The van der Waals surface area contributed by atoms with E-state index in [9.17, 15) is 9.59 Å². The number of para-hydroxylation sites is 1. The first-order chi connectivity index (χ1) is 14.5. The molecular formula is C21H22N4O4S. The molecule has 30 heavy (non-hydrogen) atoms. The molecule has 1 unspecified atom stereocenters. The Labute approximate surface area is 178 Å². The monoisotopic (exact) mass is 426 g/mol. The number of hydrogen-bond acceptors (Lipinski definition) is 7. The molecule has 2 N–H and O–H groups in total. The van der Waals surface area contributed by atoms with Crippen molar-refractivity contribution in [3.8, 4) is 11.5 Å². The molecule has 0 saturated carbocycles. The number of ether oxygens (including phenoxy) is 2. The van der Waals surface area contributed by atoms with Gasteiger partial charge in [0.2, 0.25) is 11.8 Å². The highest BCUT2D eigenvalue weighted by atomic mass is 32.2. The van der Waals surface area contributed by atoms with Gasteiger partial charge in [0, 0.05) is 17.7 Å². The van der Waals surface area contributed by atoms with Crippen molar-refractivity contribution in [1.29, 1.82) is 0 Å². The predicted octanol–water partition coefficient (Wildman–Crippen LogP) is 2.96. The summed E-state index contributed by atoms with van der Waals surface area (Å²) >= 11 is 1.17. The fraction of sp³-hybridized carbons (Fsp3) is 0.238. The molecule has 3 rings (SSSR count). The number of thioether (sulfide) groups is 1. The topological polar surface area (TPSA) is 101 Å². The van der Waals surface area contributed by atoms with Gasteiger partial charge in [-0.1, -0.05) is 35.5 Å². The zero-order valence-corrected chi connectivity index (χ0v) is 17.7. The molecule has 0 aliphatic carbocycles. The number of nitrogens with zero attached hydrogens (tertiary/aromatic N) is 2. The van der Waals surface area contributed by atoms with E-state index in [4.69, 9.17) is 9.47 Å². The molecule has 0 aromatic heterocycles. The third-order valence-corrected chi connectivity index (χ3v) is 5.33. The van der Waals surface area contributed by atoms with Gasteiger partial charge in [0.25, 0.3) is 0 Å². The Balaban J connectivity index is 1.60. The largest absolute Gasteiger partial charge is 0.493 e. The van der Waals surface area contributed by atoms with E-state index in [0.717, 1.165) is 5.56 Å². The first-order valence-electron chi connectivity index (χ1n) is 9.16. The van der Waals surface area contributed by atoms with Crippen LogP contribution >= 0.6 is 11.8 Å². The van der Waals surface area contributed by atoms with E-state index < -0.39 is 5.25 Å². The van der Waals surface area contributed by atoms with Crippen molar-refractivity contribution in [2.45, 2.75) is 18.6 Å². The van der Waals surface area contributed by atoms with Crippen LogP contribution in [0.2, 0.25) is 0 Å². The summed E-state index contributed by atoms with van der Waals surface area (Å²) in [7, 11) is 3.10. The van der Waals surface area contributed by atoms with E-state index in [-0.39, 0.29) is 18.2 Å². The minimum atomic E-state index is -0.559. The summed E-state index contributed by atoms with van der Waals surface area (Å²) in [6, 6.07) is 12.9. The third-order valence-electron chi connectivity index (χ3n) is 4.26. The Morgan fingerprint density at radius 1 is 1.20 bits per heavy atom. The van der Waals surface area contributed by atoms with Crippen LogP contribution in [0.1, 0.15) is 17.5 Å². The maximum atomic E-state index is 12.2. The van der Waals surface area contributed by atoms with E-state index in [1.807, 2.05) is 43.3 Å². The van der Waals surface area contributed by atoms with Crippen molar-refractivity contribution in [2.75, 3.05) is 19.5 Å². The molecule has 1 fully saturated rings. The maximum absolute atomic E-state index is 12.2. The van der Waals surface area contributed by atoms with Gasteiger partial charge in [-0.2, -0.15) is 5.10 Å². The average Bonchev–Trinajstić information content (AvgIpc) is 3.08. The summed E-state index contributed by atoms with van der Waals surface area (Å²) in [5, 5.41) is 13.3. The number of amides is 2. The lowest BCUT2D eigenvalue weighted by Gasteiger charge is -2.08. The van der Waals surface area contributed by atoms with Crippen LogP contribution in [-0.2, 0) is 9.59 Å². The van der Waals surface area contributed by atoms with E-state index in [1.165, 1.54) is 18.0 Å². The highest BCUT2D eigenvalue weighted by Gasteiger charge is 2.32. The van der Waals surface area contributed by atoms with E-state index >= 15 is 0 Å². The van der Waals surface area contributed by atoms with Crippen LogP contribution in [0.3, 0.4) is 0 Å². The molecule has 2 amide bonds. The standard InChI is InChI=1S/C21H22N4O4S/c1-13-7-9-15(10-8-13)23-18(26)11-17-20(27)24-21(30-17)25-22-12-14-5-4-6-16(28-2)19(14)29-3/h4-10,12,17H,11H2,1-3H3,(H,23,26)(H,24,25,27)/b22-12+. The molecule has 156 valence electrons. The van der Waals surface area contributed by atoms with Gasteiger partial charge in [0.1, 0.15) is 5.25 Å². The zero-order chi connectivity index (χ0) is 21.5. The first kappa shape index (κ1) is 21.4.